The Kier molecular flexibility index (Phi) is 3.91. The molecule has 0 bridgehead atoms. The SMILES string of the molecule is Cc1ncsc1CNS(=O)(=O)c1cnc(Cl)nc1. The number of halogens is 1. The molecule has 1 N–H and O–H groups in total. The van der Waals surface area contributed by atoms with Gasteiger partial charge in [-0.1, -0.05) is 0 Å². The monoisotopic (exact) mass is 304 g/mol. The fraction of sp³-hybridized carbons (Fsp3) is 0.222. The smallest absolute Gasteiger partial charge is 0.243 e. The zero-order valence-electron chi connectivity index (χ0n) is 9.29. The van der Waals surface area contributed by atoms with Gasteiger partial charge in [-0.3, -0.25) is 0 Å². The van der Waals surface area contributed by atoms with Crippen molar-refractivity contribution in [3.8, 4) is 0 Å². The molecule has 0 saturated carbocycles. The van der Waals surface area contributed by atoms with E-state index in [1.807, 2.05) is 6.92 Å². The molecule has 0 atom stereocenters. The van der Waals surface area contributed by atoms with Crippen molar-refractivity contribution in [1.29, 1.82) is 0 Å². The lowest BCUT2D eigenvalue weighted by Gasteiger charge is -2.05. The van der Waals surface area contributed by atoms with Gasteiger partial charge in [-0.25, -0.2) is 28.1 Å². The van der Waals surface area contributed by atoms with Gasteiger partial charge in [0.15, 0.2) is 0 Å². The van der Waals surface area contributed by atoms with E-state index in [-0.39, 0.29) is 16.7 Å². The summed E-state index contributed by atoms with van der Waals surface area (Å²) >= 11 is 6.89. The molecule has 0 spiro atoms. The molecular formula is C9H9ClN4O2S2. The first-order valence-corrected chi connectivity index (χ1v) is 7.59. The van der Waals surface area contributed by atoms with Crippen molar-refractivity contribution in [3.05, 3.63) is 33.8 Å². The lowest BCUT2D eigenvalue weighted by molar-refractivity contribution is 0.580. The molecule has 0 aliphatic carbocycles. The van der Waals surface area contributed by atoms with Crippen LogP contribution in [0.4, 0.5) is 0 Å². The van der Waals surface area contributed by atoms with Crippen molar-refractivity contribution in [2.75, 3.05) is 0 Å². The lowest BCUT2D eigenvalue weighted by Crippen LogP contribution is -2.23. The highest BCUT2D eigenvalue weighted by atomic mass is 35.5. The molecule has 0 aliphatic heterocycles. The fourth-order valence-electron chi connectivity index (χ4n) is 1.18. The normalized spacial score (nSPS) is 11.7. The highest BCUT2D eigenvalue weighted by Crippen LogP contribution is 2.13. The second-order valence-corrected chi connectivity index (χ2v) is 6.42. The largest absolute Gasteiger partial charge is 0.250 e. The van der Waals surface area contributed by atoms with Crippen LogP contribution in [0.15, 0.2) is 22.8 Å². The van der Waals surface area contributed by atoms with Crippen molar-refractivity contribution < 1.29 is 8.42 Å². The van der Waals surface area contributed by atoms with Crippen LogP contribution in [0.3, 0.4) is 0 Å². The summed E-state index contributed by atoms with van der Waals surface area (Å²) in [7, 11) is -3.62. The van der Waals surface area contributed by atoms with Crippen LogP contribution >= 0.6 is 22.9 Å². The van der Waals surface area contributed by atoms with E-state index < -0.39 is 10.0 Å². The summed E-state index contributed by atoms with van der Waals surface area (Å²) in [5.41, 5.74) is 2.49. The number of sulfonamides is 1. The average molecular weight is 305 g/mol. The van der Waals surface area contributed by atoms with E-state index in [1.54, 1.807) is 5.51 Å². The first-order valence-electron chi connectivity index (χ1n) is 4.85. The van der Waals surface area contributed by atoms with Gasteiger partial charge >= 0.3 is 0 Å². The Hall–Kier alpha value is -1.09. The van der Waals surface area contributed by atoms with Crippen LogP contribution in [0.1, 0.15) is 10.6 Å². The summed E-state index contributed by atoms with van der Waals surface area (Å²) in [4.78, 5) is 12.2. The highest BCUT2D eigenvalue weighted by molar-refractivity contribution is 7.89. The molecule has 0 unspecified atom stereocenters. The maximum absolute atomic E-state index is 11.9. The van der Waals surface area contributed by atoms with Crippen molar-refractivity contribution in [1.82, 2.24) is 19.7 Å². The zero-order valence-corrected chi connectivity index (χ0v) is 11.7. The Labute approximate surface area is 113 Å². The van der Waals surface area contributed by atoms with Crippen LogP contribution in [0.2, 0.25) is 5.28 Å². The van der Waals surface area contributed by atoms with Gasteiger partial charge in [0.25, 0.3) is 0 Å². The van der Waals surface area contributed by atoms with Gasteiger partial charge in [0, 0.05) is 11.4 Å². The first kappa shape index (κ1) is 13.3. The molecule has 2 heterocycles. The van der Waals surface area contributed by atoms with Crippen molar-refractivity contribution in [2.45, 2.75) is 18.4 Å². The maximum Gasteiger partial charge on any atom is 0.243 e. The summed E-state index contributed by atoms with van der Waals surface area (Å²) in [6.45, 7) is 2.02. The zero-order chi connectivity index (χ0) is 13.2. The molecule has 2 aromatic rings. The number of aromatic nitrogens is 3. The van der Waals surface area contributed by atoms with Crippen LogP contribution in [0.5, 0.6) is 0 Å². The molecule has 0 aliphatic rings. The number of nitrogens with one attached hydrogen (secondary N) is 1. The van der Waals surface area contributed by atoms with Gasteiger partial charge in [-0.15, -0.1) is 11.3 Å². The van der Waals surface area contributed by atoms with Crippen LogP contribution in [-0.4, -0.2) is 23.4 Å². The highest BCUT2D eigenvalue weighted by Gasteiger charge is 2.15. The van der Waals surface area contributed by atoms with Crippen LogP contribution in [-0.2, 0) is 16.6 Å². The fourth-order valence-corrected chi connectivity index (χ4v) is 2.97. The minimum Gasteiger partial charge on any atom is -0.250 e. The third kappa shape index (κ3) is 3.02. The van der Waals surface area contributed by atoms with E-state index in [2.05, 4.69) is 19.7 Å². The molecule has 6 nitrogen and oxygen atoms in total. The standard InChI is InChI=1S/C9H9ClN4O2S2/c1-6-8(17-5-13-6)4-14-18(15,16)7-2-11-9(10)12-3-7/h2-3,5,14H,4H2,1H3. The number of aryl methyl sites for hydroxylation is 1. The Bertz CT molecular complexity index is 639. The molecule has 0 amide bonds. The van der Waals surface area contributed by atoms with Gasteiger partial charge < -0.3 is 0 Å². The second-order valence-electron chi connectivity index (χ2n) is 3.37. The van der Waals surface area contributed by atoms with E-state index in [1.165, 1.54) is 11.3 Å². The van der Waals surface area contributed by atoms with Gasteiger partial charge in [0.2, 0.25) is 15.3 Å². The molecule has 2 rings (SSSR count). The number of hydrogen-bond acceptors (Lipinski definition) is 6. The number of nitrogens with zero attached hydrogens (tertiary/aromatic N) is 3. The molecule has 96 valence electrons. The van der Waals surface area contributed by atoms with Gasteiger partial charge in [-0.05, 0) is 18.5 Å². The Morgan fingerprint density at radius 1 is 1.33 bits per heavy atom. The predicted molar refractivity (Wildman–Crippen MR) is 67.9 cm³/mol. The molecule has 18 heavy (non-hydrogen) atoms. The summed E-state index contributed by atoms with van der Waals surface area (Å²) in [5, 5.41) is 0.00671. The third-order valence-corrected chi connectivity index (χ3v) is 4.66. The summed E-state index contributed by atoms with van der Waals surface area (Å²) < 4.78 is 26.3. The summed E-state index contributed by atoms with van der Waals surface area (Å²) in [6.07, 6.45) is 2.33. The van der Waals surface area contributed by atoms with E-state index in [9.17, 15) is 8.42 Å². The Morgan fingerprint density at radius 3 is 2.56 bits per heavy atom. The molecule has 2 aromatic heterocycles. The van der Waals surface area contributed by atoms with Crippen molar-refractivity contribution in [3.63, 3.8) is 0 Å². The number of rotatable bonds is 4. The molecule has 0 fully saturated rings. The Balaban J connectivity index is 2.13. The van der Waals surface area contributed by atoms with Crippen LogP contribution in [0.25, 0.3) is 0 Å². The molecule has 0 radical (unpaired) electrons. The molecular weight excluding hydrogens is 296 g/mol. The van der Waals surface area contributed by atoms with Gasteiger partial charge in [-0.2, -0.15) is 0 Å². The van der Waals surface area contributed by atoms with Crippen LogP contribution < -0.4 is 4.72 Å². The van der Waals surface area contributed by atoms with Crippen molar-refractivity contribution >= 4 is 33.0 Å². The van der Waals surface area contributed by atoms with Crippen molar-refractivity contribution in [2.24, 2.45) is 0 Å². The summed E-state index contributed by atoms with van der Waals surface area (Å²) in [6, 6.07) is 0. The maximum atomic E-state index is 11.9. The van der Waals surface area contributed by atoms with Gasteiger partial charge in [0.1, 0.15) is 4.90 Å². The number of hydrogen-bond donors (Lipinski definition) is 1. The minimum atomic E-state index is -3.62. The molecule has 0 saturated heterocycles. The van der Waals surface area contributed by atoms with E-state index >= 15 is 0 Å². The topological polar surface area (TPSA) is 84.8 Å². The van der Waals surface area contributed by atoms with Gasteiger partial charge in [0.05, 0.1) is 23.6 Å². The first-order chi connectivity index (χ1) is 8.49. The Morgan fingerprint density at radius 2 is 2.00 bits per heavy atom. The predicted octanol–water partition coefficient (Wildman–Crippen LogP) is 1.37. The van der Waals surface area contributed by atoms with E-state index in [0.717, 1.165) is 23.0 Å². The molecule has 9 heteroatoms. The molecule has 0 aromatic carbocycles. The average Bonchev–Trinajstić information content (AvgIpc) is 2.73. The third-order valence-electron chi connectivity index (χ3n) is 2.17. The second kappa shape index (κ2) is 5.27. The lowest BCUT2D eigenvalue weighted by atomic mass is 10.4. The van der Waals surface area contributed by atoms with E-state index in [4.69, 9.17) is 11.6 Å². The minimum absolute atomic E-state index is 0.00671. The van der Waals surface area contributed by atoms with E-state index in [0.29, 0.717) is 0 Å². The van der Waals surface area contributed by atoms with Crippen LogP contribution in [0, 0.1) is 6.92 Å². The summed E-state index contributed by atoms with van der Waals surface area (Å²) in [5.74, 6) is 0. The number of thiazole rings is 1. The quantitative estimate of drug-likeness (QED) is 0.862.